The summed E-state index contributed by atoms with van der Waals surface area (Å²) in [6, 6.07) is 6.19. The van der Waals surface area contributed by atoms with Crippen LogP contribution >= 0.6 is 0 Å². The first-order valence-electron chi connectivity index (χ1n) is 6.33. The lowest BCUT2D eigenvalue weighted by Gasteiger charge is -2.16. The number of halogens is 1. The van der Waals surface area contributed by atoms with E-state index < -0.39 is 5.97 Å². The van der Waals surface area contributed by atoms with Crippen molar-refractivity contribution in [2.75, 3.05) is 0 Å². The summed E-state index contributed by atoms with van der Waals surface area (Å²) in [5.41, 5.74) is 1.10. The Kier molecular flexibility index (Phi) is 3.61. The molecular weight excluding hydrogens is 259 g/mol. The second-order valence-electron chi connectivity index (χ2n) is 5.77. The second kappa shape index (κ2) is 5.07. The number of benzene rings is 1. The monoisotopic (exact) mass is 276 g/mol. The Hall–Kier alpha value is -2.17. The summed E-state index contributed by atoms with van der Waals surface area (Å²) >= 11 is 0. The number of carbonyl (C=O) groups is 1. The fourth-order valence-corrected chi connectivity index (χ4v) is 2.04. The fraction of sp³-hybridized carbons (Fsp3) is 0.333. The summed E-state index contributed by atoms with van der Waals surface area (Å²) in [6.07, 6.45) is 1.49. The highest BCUT2D eigenvalue weighted by Crippen LogP contribution is 2.24. The Morgan fingerprint density at radius 1 is 1.40 bits per heavy atom. The van der Waals surface area contributed by atoms with Gasteiger partial charge in [0.15, 0.2) is 0 Å². The van der Waals surface area contributed by atoms with E-state index in [9.17, 15) is 14.3 Å². The van der Waals surface area contributed by atoms with Gasteiger partial charge in [0.1, 0.15) is 11.4 Å². The average Bonchev–Trinajstić information content (AvgIpc) is 2.73. The average molecular weight is 276 g/mol. The number of carboxylic acid groups (broad SMARTS) is 1. The molecule has 0 aliphatic carbocycles. The molecule has 1 N–H and O–H groups in total. The van der Waals surface area contributed by atoms with Crippen molar-refractivity contribution in [3.8, 4) is 0 Å². The van der Waals surface area contributed by atoms with Gasteiger partial charge < -0.3 is 5.11 Å². The third-order valence-corrected chi connectivity index (χ3v) is 2.94. The number of aromatic carboxylic acids is 1. The molecule has 0 fully saturated rings. The molecule has 0 saturated carbocycles. The molecule has 0 atom stereocenters. The number of carboxylic acids is 1. The highest BCUT2D eigenvalue weighted by atomic mass is 19.1. The Balaban J connectivity index is 2.37. The number of hydrogen-bond donors (Lipinski definition) is 1. The van der Waals surface area contributed by atoms with E-state index in [1.54, 1.807) is 16.8 Å². The fourth-order valence-electron chi connectivity index (χ4n) is 2.04. The van der Waals surface area contributed by atoms with E-state index in [1.807, 2.05) is 20.8 Å². The second-order valence-corrected chi connectivity index (χ2v) is 5.77. The van der Waals surface area contributed by atoms with Crippen LogP contribution in [-0.2, 0) is 12.0 Å². The molecule has 0 saturated heterocycles. The molecule has 0 amide bonds. The number of nitrogens with zero attached hydrogens (tertiary/aromatic N) is 2. The van der Waals surface area contributed by atoms with Crippen molar-refractivity contribution < 1.29 is 14.3 Å². The van der Waals surface area contributed by atoms with E-state index in [0.29, 0.717) is 12.2 Å². The van der Waals surface area contributed by atoms with Crippen LogP contribution in [0.15, 0.2) is 30.5 Å². The van der Waals surface area contributed by atoms with Crippen LogP contribution in [0, 0.1) is 5.82 Å². The smallest absolute Gasteiger partial charge is 0.339 e. The van der Waals surface area contributed by atoms with E-state index in [1.165, 1.54) is 18.3 Å². The lowest BCUT2D eigenvalue weighted by molar-refractivity contribution is 0.0694. The maximum atomic E-state index is 13.1. The first-order chi connectivity index (χ1) is 9.27. The van der Waals surface area contributed by atoms with Crippen molar-refractivity contribution >= 4 is 5.97 Å². The van der Waals surface area contributed by atoms with Crippen LogP contribution < -0.4 is 0 Å². The first-order valence-corrected chi connectivity index (χ1v) is 6.33. The first kappa shape index (κ1) is 14.2. The molecule has 0 radical (unpaired) electrons. The van der Waals surface area contributed by atoms with Crippen LogP contribution in [0.2, 0.25) is 0 Å². The maximum absolute atomic E-state index is 13.1. The highest BCUT2D eigenvalue weighted by Gasteiger charge is 2.25. The van der Waals surface area contributed by atoms with Gasteiger partial charge in [-0.25, -0.2) is 9.18 Å². The molecule has 0 bridgehead atoms. The van der Waals surface area contributed by atoms with Gasteiger partial charge in [-0.2, -0.15) is 5.10 Å². The normalized spacial score (nSPS) is 11.6. The molecule has 1 aromatic carbocycles. The van der Waals surface area contributed by atoms with E-state index in [-0.39, 0.29) is 16.8 Å². The Labute approximate surface area is 116 Å². The third kappa shape index (κ3) is 3.04. The minimum atomic E-state index is -1.000. The van der Waals surface area contributed by atoms with E-state index in [4.69, 9.17) is 0 Å². The molecule has 2 rings (SSSR count). The summed E-state index contributed by atoms with van der Waals surface area (Å²) < 4.78 is 14.7. The highest BCUT2D eigenvalue weighted by molar-refractivity contribution is 5.89. The van der Waals surface area contributed by atoms with Crippen LogP contribution in [0.1, 0.15) is 42.4 Å². The van der Waals surface area contributed by atoms with Crippen LogP contribution in [0.4, 0.5) is 4.39 Å². The molecule has 2 aromatic rings. The largest absolute Gasteiger partial charge is 0.478 e. The topological polar surface area (TPSA) is 55.1 Å². The minimum Gasteiger partial charge on any atom is -0.478 e. The number of aromatic nitrogens is 2. The molecule has 106 valence electrons. The molecule has 4 nitrogen and oxygen atoms in total. The molecule has 1 heterocycles. The molecule has 5 heteroatoms. The molecule has 0 aliphatic rings. The molecule has 0 spiro atoms. The van der Waals surface area contributed by atoms with Gasteiger partial charge >= 0.3 is 5.97 Å². The lowest BCUT2D eigenvalue weighted by Crippen LogP contribution is -2.16. The predicted octanol–water partition coefficient (Wildman–Crippen LogP) is 3.07. The number of rotatable bonds is 3. The van der Waals surface area contributed by atoms with Crippen LogP contribution in [-0.4, -0.2) is 20.9 Å². The van der Waals surface area contributed by atoms with Crippen molar-refractivity contribution in [3.63, 3.8) is 0 Å². The molecule has 0 unspecified atom stereocenters. The summed E-state index contributed by atoms with van der Waals surface area (Å²) in [4.78, 5) is 11.3. The summed E-state index contributed by atoms with van der Waals surface area (Å²) in [6.45, 7) is 6.07. The summed E-state index contributed by atoms with van der Waals surface area (Å²) in [5.74, 6) is -1.32. The van der Waals surface area contributed by atoms with E-state index in [2.05, 4.69) is 5.10 Å². The van der Waals surface area contributed by atoms with Crippen molar-refractivity contribution in [1.29, 1.82) is 0 Å². The van der Waals surface area contributed by atoms with Gasteiger partial charge in [-0.05, 0) is 17.7 Å². The van der Waals surface area contributed by atoms with E-state index in [0.717, 1.165) is 5.56 Å². The third-order valence-electron chi connectivity index (χ3n) is 2.94. The zero-order chi connectivity index (χ0) is 14.9. The van der Waals surface area contributed by atoms with Gasteiger partial charge in [0, 0.05) is 11.6 Å². The summed E-state index contributed by atoms with van der Waals surface area (Å²) in [5, 5.41) is 13.6. The van der Waals surface area contributed by atoms with Crippen molar-refractivity contribution in [3.05, 3.63) is 53.1 Å². The quantitative estimate of drug-likeness (QED) is 0.937. The van der Waals surface area contributed by atoms with Crippen LogP contribution in [0.5, 0.6) is 0 Å². The van der Waals surface area contributed by atoms with Crippen molar-refractivity contribution in [1.82, 2.24) is 9.78 Å². The Morgan fingerprint density at radius 2 is 2.10 bits per heavy atom. The molecule has 20 heavy (non-hydrogen) atoms. The SMILES string of the molecule is CC(C)(C)c1nn(Cc2cccc(F)c2)cc1C(=O)O. The standard InChI is InChI=1S/C15H17FN2O2/c1-15(2,3)13-12(14(19)20)9-18(17-13)8-10-5-4-6-11(16)7-10/h4-7,9H,8H2,1-3H3,(H,19,20). The molecular formula is C15H17FN2O2. The summed E-state index contributed by atoms with van der Waals surface area (Å²) in [7, 11) is 0. The van der Waals surface area contributed by atoms with Gasteiger partial charge in [-0.1, -0.05) is 32.9 Å². The van der Waals surface area contributed by atoms with Crippen LogP contribution in [0.3, 0.4) is 0 Å². The van der Waals surface area contributed by atoms with Gasteiger partial charge in [-0.15, -0.1) is 0 Å². The van der Waals surface area contributed by atoms with Gasteiger partial charge in [0.05, 0.1) is 12.2 Å². The zero-order valence-corrected chi connectivity index (χ0v) is 11.7. The lowest BCUT2D eigenvalue weighted by atomic mass is 9.90. The van der Waals surface area contributed by atoms with Gasteiger partial charge in [-0.3, -0.25) is 4.68 Å². The van der Waals surface area contributed by atoms with Crippen molar-refractivity contribution in [2.24, 2.45) is 0 Å². The van der Waals surface area contributed by atoms with Gasteiger partial charge in [0.2, 0.25) is 0 Å². The maximum Gasteiger partial charge on any atom is 0.339 e. The van der Waals surface area contributed by atoms with E-state index >= 15 is 0 Å². The predicted molar refractivity (Wildman–Crippen MR) is 73.4 cm³/mol. The Morgan fingerprint density at radius 3 is 2.60 bits per heavy atom. The minimum absolute atomic E-state index is 0.189. The van der Waals surface area contributed by atoms with Crippen LogP contribution in [0.25, 0.3) is 0 Å². The number of hydrogen-bond acceptors (Lipinski definition) is 2. The van der Waals surface area contributed by atoms with Gasteiger partial charge in [0.25, 0.3) is 0 Å². The Bertz CT molecular complexity index is 642. The molecule has 0 aliphatic heterocycles. The van der Waals surface area contributed by atoms with Crippen molar-refractivity contribution in [2.45, 2.75) is 32.7 Å². The zero-order valence-electron chi connectivity index (χ0n) is 11.7. The molecule has 1 aromatic heterocycles.